The van der Waals surface area contributed by atoms with Crippen molar-refractivity contribution in [1.29, 1.82) is 0 Å². The third-order valence-corrected chi connectivity index (χ3v) is 5.55. The van der Waals surface area contributed by atoms with Gasteiger partial charge in [-0.1, -0.05) is 6.42 Å². The molecular formula is C17H21N3O4S. The standard InChI is InChI=1S/C17H21N3O4S/c1-10-13-15(18-8-7-12(21)22)19-9-20-16(13)25-14(10)17(23)24-11-5-3-2-4-6-11/h9,11H,2-8H2,1H3,(H,21,22)(H,18,19,20). The summed E-state index contributed by atoms with van der Waals surface area (Å²) in [6.45, 7) is 2.11. The van der Waals surface area contributed by atoms with Crippen LogP contribution >= 0.6 is 11.3 Å². The van der Waals surface area contributed by atoms with Gasteiger partial charge in [0.05, 0.1) is 11.8 Å². The zero-order valence-corrected chi connectivity index (χ0v) is 14.9. The monoisotopic (exact) mass is 363 g/mol. The lowest BCUT2D eigenvalue weighted by Crippen LogP contribution is -2.20. The Kier molecular flexibility index (Phi) is 5.47. The van der Waals surface area contributed by atoms with Crippen LogP contribution < -0.4 is 5.32 Å². The number of aliphatic carboxylic acids is 1. The number of thiophene rings is 1. The van der Waals surface area contributed by atoms with E-state index in [4.69, 9.17) is 9.84 Å². The number of aromatic nitrogens is 2. The molecule has 1 saturated carbocycles. The molecule has 0 aromatic carbocycles. The molecule has 2 N–H and O–H groups in total. The Balaban J connectivity index is 1.80. The number of ether oxygens (including phenoxy) is 1. The maximum atomic E-state index is 12.6. The molecule has 7 nitrogen and oxygen atoms in total. The zero-order valence-electron chi connectivity index (χ0n) is 14.1. The van der Waals surface area contributed by atoms with Crippen LogP contribution in [0, 0.1) is 6.92 Å². The number of esters is 1. The van der Waals surface area contributed by atoms with Crippen molar-refractivity contribution in [2.24, 2.45) is 0 Å². The third-order valence-electron chi connectivity index (χ3n) is 4.37. The molecule has 8 heteroatoms. The van der Waals surface area contributed by atoms with Crippen LogP contribution in [0.2, 0.25) is 0 Å². The Morgan fingerprint density at radius 1 is 1.32 bits per heavy atom. The Morgan fingerprint density at radius 2 is 2.08 bits per heavy atom. The van der Waals surface area contributed by atoms with Crippen LogP contribution in [0.25, 0.3) is 10.2 Å². The van der Waals surface area contributed by atoms with Gasteiger partial charge in [-0.25, -0.2) is 14.8 Å². The molecule has 0 unspecified atom stereocenters. The number of aryl methyl sites for hydroxylation is 1. The Bertz CT molecular complexity index is 784. The molecule has 1 aliphatic carbocycles. The third kappa shape index (κ3) is 4.07. The number of hydrogen-bond acceptors (Lipinski definition) is 7. The van der Waals surface area contributed by atoms with Crippen molar-refractivity contribution in [1.82, 2.24) is 9.97 Å². The normalized spacial score (nSPS) is 15.2. The summed E-state index contributed by atoms with van der Waals surface area (Å²) in [5.74, 6) is -0.628. The highest BCUT2D eigenvalue weighted by Crippen LogP contribution is 2.34. The van der Waals surface area contributed by atoms with Crippen molar-refractivity contribution in [3.05, 3.63) is 16.8 Å². The number of rotatable bonds is 6. The van der Waals surface area contributed by atoms with E-state index in [2.05, 4.69) is 15.3 Å². The molecule has 134 valence electrons. The molecule has 0 atom stereocenters. The maximum absolute atomic E-state index is 12.6. The molecule has 2 aromatic heterocycles. The number of nitrogens with one attached hydrogen (secondary N) is 1. The molecule has 0 spiro atoms. The summed E-state index contributed by atoms with van der Waals surface area (Å²) in [6, 6.07) is 0. The predicted octanol–water partition coefficient (Wildman–Crippen LogP) is 3.38. The number of carboxylic acid groups (broad SMARTS) is 1. The van der Waals surface area contributed by atoms with Crippen molar-refractivity contribution in [2.45, 2.75) is 51.6 Å². The summed E-state index contributed by atoms with van der Waals surface area (Å²) in [7, 11) is 0. The summed E-state index contributed by atoms with van der Waals surface area (Å²) in [4.78, 5) is 32.9. The Morgan fingerprint density at radius 3 is 2.80 bits per heavy atom. The molecule has 0 aliphatic heterocycles. The molecule has 2 heterocycles. The summed E-state index contributed by atoms with van der Waals surface area (Å²) >= 11 is 1.29. The fourth-order valence-corrected chi connectivity index (χ4v) is 4.11. The van der Waals surface area contributed by atoms with Crippen molar-refractivity contribution in [2.75, 3.05) is 11.9 Å². The minimum absolute atomic E-state index is 0.00473. The lowest BCUT2D eigenvalue weighted by molar-refractivity contribution is -0.136. The first kappa shape index (κ1) is 17.6. The smallest absolute Gasteiger partial charge is 0.348 e. The van der Waals surface area contributed by atoms with Crippen molar-refractivity contribution < 1.29 is 19.4 Å². The summed E-state index contributed by atoms with van der Waals surface area (Å²) < 4.78 is 5.67. The van der Waals surface area contributed by atoms with E-state index < -0.39 is 5.97 Å². The second kappa shape index (κ2) is 7.77. The molecule has 0 bridgehead atoms. The van der Waals surface area contributed by atoms with E-state index in [1.165, 1.54) is 24.1 Å². The molecular weight excluding hydrogens is 342 g/mol. The van der Waals surface area contributed by atoms with E-state index in [9.17, 15) is 9.59 Å². The SMILES string of the molecule is Cc1c(C(=O)OC2CCCCC2)sc2ncnc(NCCC(=O)O)c12. The van der Waals surface area contributed by atoms with Crippen LogP contribution in [-0.2, 0) is 9.53 Å². The van der Waals surface area contributed by atoms with Crippen molar-refractivity contribution >= 4 is 39.3 Å². The molecule has 0 radical (unpaired) electrons. The highest BCUT2D eigenvalue weighted by Gasteiger charge is 2.24. The molecule has 3 rings (SSSR count). The quantitative estimate of drug-likeness (QED) is 0.759. The van der Waals surface area contributed by atoms with Crippen LogP contribution in [0.3, 0.4) is 0 Å². The number of hydrogen-bond donors (Lipinski definition) is 2. The fraction of sp³-hybridized carbons (Fsp3) is 0.529. The van der Waals surface area contributed by atoms with E-state index in [0.717, 1.165) is 36.6 Å². The first-order valence-corrected chi connectivity index (χ1v) is 9.28. The number of carboxylic acids is 1. The van der Waals surface area contributed by atoms with E-state index in [1.807, 2.05) is 6.92 Å². The average molecular weight is 363 g/mol. The molecule has 1 aliphatic rings. The van der Waals surface area contributed by atoms with Gasteiger partial charge in [0.1, 0.15) is 28.0 Å². The van der Waals surface area contributed by atoms with E-state index in [0.29, 0.717) is 15.5 Å². The minimum atomic E-state index is -0.878. The second-order valence-corrected chi connectivity index (χ2v) is 7.19. The summed E-state index contributed by atoms with van der Waals surface area (Å²) in [5, 5.41) is 12.5. The number of carbonyl (C=O) groups excluding carboxylic acids is 1. The number of carbonyl (C=O) groups is 2. The second-order valence-electron chi connectivity index (χ2n) is 6.19. The fourth-order valence-electron chi connectivity index (χ4n) is 3.08. The lowest BCUT2D eigenvalue weighted by Gasteiger charge is -2.21. The van der Waals surface area contributed by atoms with Gasteiger partial charge in [0.25, 0.3) is 0 Å². The lowest BCUT2D eigenvalue weighted by atomic mass is 9.98. The van der Waals surface area contributed by atoms with Crippen LogP contribution in [0.15, 0.2) is 6.33 Å². The average Bonchev–Trinajstić information content (AvgIpc) is 2.93. The van der Waals surface area contributed by atoms with Crippen molar-refractivity contribution in [3.63, 3.8) is 0 Å². The van der Waals surface area contributed by atoms with Gasteiger partial charge < -0.3 is 15.2 Å². The van der Waals surface area contributed by atoms with Gasteiger partial charge in [0.2, 0.25) is 0 Å². The molecule has 2 aromatic rings. The first-order chi connectivity index (χ1) is 12.1. The van der Waals surface area contributed by atoms with Gasteiger partial charge >= 0.3 is 11.9 Å². The van der Waals surface area contributed by atoms with Crippen molar-refractivity contribution in [3.8, 4) is 0 Å². The minimum Gasteiger partial charge on any atom is -0.481 e. The van der Waals surface area contributed by atoms with E-state index >= 15 is 0 Å². The largest absolute Gasteiger partial charge is 0.481 e. The van der Waals surface area contributed by atoms with E-state index in [-0.39, 0.29) is 25.0 Å². The van der Waals surface area contributed by atoms with Crippen LogP contribution in [0.5, 0.6) is 0 Å². The maximum Gasteiger partial charge on any atom is 0.348 e. The Hall–Kier alpha value is -2.22. The van der Waals surface area contributed by atoms with E-state index in [1.54, 1.807) is 0 Å². The molecule has 0 saturated heterocycles. The Labute approximate surface area is 149 Å². The van der Waals surface area contributed by atoms with Gasteiger partial charge in [-0.05, 0) is 38.2 Å². The molecule has 0 amide bonds. The summed E-state index contributed by atoms with van der Waals surface area (Å²) in [6.07, 6.45) is 6.68. The van der Waals surface area contributed by atoms with Crippen LogP contribution in [0.4, 0.5) is 5.82 Å². The van der Waals surface area contributed by atoms with Crippen LogP contribution in [0.1, 0.15) is 53.8 Å². The number of fused-ring (bicyclic) bond motifs is 1. The van der Waals surface area contributed by atoms with Crippen LogP contribution in [-0.4, -0.2) is 39.7 Å². The van der Waals surface area contributed by atoms with Gasteiger partial charge in [-0.2, -0.15) is 0 Å². The topological polar surface area (TPSA) is 101 Å². The van der Waals surface area contributed by atoms with Gasteiger partial charge in [0.15, 0.2) is 0 Å². The summed E-state index contributed by atoms with van der Waals surface area (Å²) in [5.41, 5.74) is 0.777. The van der Waals surface area contributed by atoms with Gasteiger partial charge in [0, 0.05) is 6.54 Å². The number of nitrogens with zero attached hydrogens (tertiary/aromatic N) is 2. The predicted molar refractivity (Wildman–Crippen MR) is 95.2 cm³/mol. The van der Waals surface area contributed by atoms with Gasteiger partial charge in [-0.15, -0.1) is 11.3 Å². The zero-order chi connectivity index (χ0) is 17.8. The molecule has 1 fully saturated rings. The highest BCUT2D eigenvalue weighted by molar-refractivity contribution is 7.20. The first-order valence-electron chi connectivity index (χ1n) is 8.47. The highest BCUT2D eigenvalue weighted by atomic mass is 32.1. The number of anilines is 1. The van der Waals surface area contributed by atoms with Gasteiger partial charge in [-0.3, -0.25) is 4.79 Å². The molecule has 25 heavy (non-hydrogen) atoms.